The maximum atomic E-state index is 3.78. The Labute approximate surface area is 189 Å². The standard InChI is InChI=1S/C29H40N2/c1-27(2,3)24-15-20-10-14-31(6)19-25(20)22(17-24)18-28(4,5)23-7-8-26-21(16-23)9-13-30-29(26)11-12-29/h7-8,15-17,30H,9-14,18-19H2,1-6H3. The maximum absolute atomic E-state index is 3.78. The molecular weight excluding hydrogens is 376 g/mol. The van der Waals surface area contributed by atoms with Crippen LogP contribution in [-0.4, -0.2) is 25.0 Å². The minimum absolute atomic E-state index is 0.122. The maximum Gasteiger partial charge on any atom is 0.0439 e. The molecule has 1 N–H and O–H groups in total. The highest BCUT2D eigenvalue weighted by Gasteiger charge is 2.46. The Kier molecular flexibility index (Phi) is 4.92. The van der Waals surface area contributed by atoms with Crippen LogP contribution in [0.15, 0.2) is 30.3 Å². The molecule has 0 aromatic heterocycles. The molecule has 2 nitrogen and oxygen atoms in total. The van der Waals surface area contributed by atoms with Crippen molar-refractivity contribution in [3.05, 3.63) is 69.3 Å². The van der Waals surface area contributed by atoms with Crippen molar-refractivity contribution < 1.29 is 0 Å². The molecule has 5 rings (SSSR count). The van der Waals surface area contributed by atoms with Crippen LogP contribution in [0.3, 0.4) is 0 Å². The number of benzene rings is 2. The van der Waals surface area contributed by atoms with E-state index in [1.165, 1.54) is 43.4 Å². The average molecular weight is 417 g/mol. The molecule has 2 aromatic rings. The van der Waals surface area contributed by atoms with Crippen molar-refractivity contribution in [3.63, 3.8) is 0 Å². The van der Waals surface area contributed by atoms with E-state index in [0.717, 1.165) is 19.5 Å². The Balaban J connectivity index is 1.51. The molecule has 0 saturated heterocycles. The van der Waals surface area contributed by atoms with Gasteiger partial charge >= 0.3 is 0 Å². The molecule has 2 heterocycles. The zero-order valence-corrected chi connectivity index (χ0v) is 20.5. The summed E-state index contributed by atoms with van der Waals surface area (Å²) in [5, 5.41) is 3.78. The Hall–Kier alpha value is -1.64. The Morgan fingerprint density at radius 2 is 1.68 bits per heavy atom. The van der Waals surface area contributed by atoms with Gasteiger partial charge < -0.3 is 10.2 Å². The van der Waals surface area contributed by atoms with Crippen molar-refractivity contribution in [2.45, 2.75) is 89.6 Å². The molecule has 2 aromatic carbocycles. The van der Waals surface area contributed by atoms with E-state index in [9.17, 15) is 0 Å². The van der Waals surface area contributed by atoms with E-state index in [0.29, 0.717) is 5.54 Å². The number of nitrogens with one attached hydrogen (secondary N) is 1. The van der Waals surface area contributed by atoms with Gasteiger partial charge in [-0.3, -0.25) is 0 Å². The van der Waals surface area contributed by atoms with E-state index in [4.69, 9.17) is 0 Å². The van der Waals surface area contributed by atoms with Gasteiger partial charge in [0, 0.05) is 25.2 Å². The molecule has 1 aliphatic carbocycles. The number of hydrogen-bond donors (Lipinski definition) is 1. The molecule has 0 amide bonds. The first-order chi connectivity index (χ1) is 14.6. The van der Waals surface area contributed by atoms with E-state index < -0.39 is 0 Å². The third kappa shape index (κ3) is 3.87. The van der Waals surface area contributed by atoms with Gasteiger partial charge in [-0.15, -0.1) is 0 Å². The summed E-state index contributed by atoms with van der Waals surface area (Å²) in [6.07, 6.45) is 6.07. The van der Waals surface area contributed by atoms with Gasteiger partial charge in [-0.1, -0.05) is 65.0 Å². The Morgan fingerprint density at radius 1 is 0.935 bits per heavy atom. The summed E-state index contributed by atoms with van der Waals surface area (Å²) in [6.45, 7) is 15.3. The predicted molar refractivity (Wildman–Crippen MR) is 131 cm³/mol. The summed E-state index contributed by atoms with van der Waals surface area (Å²) in [4.78, 5) is 2.48. The molecule has 2 heteroatoms. The predicted octanol–water partition coefficient (Wildman–Crippen LogP) is 5.63. The lowest BCUT2D eigenvalue weighted by Crippen LogP contribution is -2.36. The summed E-state index contributed by atoms with van der Waals surface area (Å²) < 4.78 is 0. The minimum atomic E-state index is 0.122. The monoisotopic (exact) mass is 416 g/mol. The zero-order valence-electron chi connectivity index (χ0n) is 20.5. The number of nitrogens with zero attached hydrogens (tertiary/aromatic N) is 1. The number of rotatable bonds is 3. The van der Waals surface area contributed by atoms with Gasteiger partial charge in [0.2, 0.25) is 0 Å². The highest BCUT2D eigenvalue weighted by molar-refractivity contribution is 5.47. The van der Waals surface area contributed by atoms with Gasteiger partial charge in [0.05, 0.1) is 0 Å². The Bertz CT molecular complexity index is 1000. The summed E-state index contributed by atoms with van der Waals surface area (Å²) in [7, 11) is 2.26. The summed E-state index contributed by atoms with van der Waals surface area (Å²) in [6, 6.07) is 12.4. The molecule has 1 spiro atoms. The smallest absolute Gasteiger partial charge is 0.0439 e. The second-order valence-electron chi connectivity index (χ2n) is 12.2. The van der Waals surface area contributed by atoms with Crippen molar-refractivity contribution in [1.82, 2.24) is 10.2 Å². The lowest BCUT2D eigenvalue weighted by molar-refractivity contribution is 0.310. The van der Waals surface area contributed by atoms with Crippen LogP contribution in [0, 0.1) is 0 Å². The number of fused-ring (bicyclic) bond motifs is 3. The second-order valence-corrected chi connectivity index (χ2v) is 12.2. The van der Waals surface area contributed by atoms with Gasteiger partial charge in [-0.05, 0) is 88.9 Å². The van der Waals surface area contributed by atoms with E-state index in [2.05, 4.69) is 82.2 Å². The van der Waals surface area contributed by atoms with Gasteiger partial charge in [0.1, 0.15) is 0 Å². The molecule has 0 bridgehead atoms. The third-order valence-corrected chi connectivity index (χ3v) is 8.13. The van der Waals surface area contributed by atoms with Crippen molar-refractivity contribution in [2.24, 2.45) is 0 Å². The van der Waals surface area contributed by atoms with Crippen LogP contribution in [-0.2, 0) is 42.2 Å². The summed E-state index contributed by atoms with van der Waals surface area (Å²) in [5.74, 6) is 0. The van der Waals surface area contributed by atoms with Gasteiger partial charge in [0.15, 0.2) is 0 Å². The van der Waals surface area contributed by atoms with Crippen molar-refractivity contribution in [2.75, 3.05) is 20.1 Å². The molecule has 1 saturated carbocycles. The summed E-state index contributed by atoms with van der Waals surface area (Å²) >= 11 is 0. The molecule has 0 radical (unpaired) electrons. The number of likely N-dealkylation sites (N-methyl/N-ethyl adjacent to an activating group) is 1. The SMILES string of the molecule is CN1CCc2cc(C(C)(C)C)cc(CC(C)(C)c3ccc4c(c3)CCNC43CC3)c2C1. The van der Waals surface area contributed by atoms with Crippen LogP contribution in [0.5, 0.6) is 0 Å². The van der Waals surface area contributed by atoms with Crippen molar-refractivity contribution in [1.29, 1.82) is 0 Å². The first-order valence-corrected chi connectivity index (χ1v) is 12.3. The third-order valence-electron chi connectivity index (χ3n) is 8.13. The number of hydrogen-bond acceptors (Lipinski definition) is 2. The van der Waals surface area contributed by atoms with Gasteiger partial charge in [0.25, 0.3) is 0 Å². The van der Waals surface area contributed by atoms with E-state index in [1.807, 2.05) is 0 Å². The lowest BCUT2D eigenvalue weighted by atomic mass is 9.74. The molecule has 1 fully saturated rings. The molecule has 0 unspecified atom stereocenters. The van der Waals surface area contributed by atoms with Crippen molar-refractivity contribution in [3.8, 4) is 0 Å². The lowest BCUT2D eigenvalue weighted by Gasteiger charge is -2.34. The fourth-order valence-electron chi connectivity index (χ4n) is 5.84. The molecule has 3 aliphatic rings. The van der Waals surface area contributed by atoms with Gasteiger partial charge in [-0.25, -0.2) is 0 Å². The molecule has 166 valence electrons. The van der Waals surface area contributed by atoms with E-state index in [-0.39, 0.29) is 10.8 Å². The average Bonchev–Trinajstić information content (AvgIpc) is 3.47. The second kappa shape index (κ2) is 7.18. The van der Waals surface area contributed by atoms with Crippen LogP contribution in [0.1, 0.15) is 86.4 Å². The fourth-order valence-corrected chi connectivity index (χ4v) is 5.84. The van der Waals surface area contributed by atoms with Crippen LogP contribution in [0.25, 0.3) is 0 Å². The van der Waals surface area contributed by atoms with Crippen LogP contribution in [0.4, 0.5) is 0 Å². The molecular formula is C29H40N2. The van der Waals surface area contributed by atoms with E-state index in [1.54, 1.807) is 27.8 Å². The van der Waals surface area contributed by atoms with Crippen molar-refractivity contribution >= 4 is 0 Å². The molecule has 2 aliphatic heterocycles. The largest absolute Gasteiger partial charge is 0.307 e. The highest BCUT2D eigenvalue weighted by atomic mass is 15.1. The summed E-state index contributed by atoms with van der Waals surface area (Å²) in [5.41, 5.74) is 11.5. The zero-order chi connectivity index (χ0) is 22.0. The quantitative estimate of drug-likeness (QED) is 0.698. The van der Waals surface area contributed by atoms with Crippen LogP contribution in [0.2, 0.25) is 0 Å². The van der Waals surface area contributed by atoms with Gasteiger partial charge in [-0.2, -0.15) is 0 Å². The molecule has 0 atom stereocenters. The Morgan fingerprint density at radius 3 is 2.39 bits per heavy atom. The fraction of sp³-hybridized carbons (Fsp3) is 0.586. The minimum Gasteiger partial charge on any atom is -0.307 e. The topological polar surface area (TPSA) is 15.3 Å². The highest BCUT2D eigenvalue weighted by Crippen LogP contribution is 2.49. The van der Waals surface area contributed by atoms with Crippen LogP contribution >= 0.6 is 0 Å². The van der Waals surface area contributed by atoms with Crippen LogP contribution < -0.4 is 5.32 Å². The molecule has 31 heavy (non-hydrogen) atoms. The van der Waals surface area contributed by atoms with E-state index >= 15 is 0 Å². The normalized spacial score (nSPS) is 20.5. The first kappa shape index (κ1) is 21.2. The first-order valence-electron chi connectivity index (χ1n) is 12.3.